The molecule has 0 saturated carbocycles. The van der Waals surface area contributed by atoms with Crippen molar-refractivity contribution in [2.75, 3.05) is 32.4 Å². The number of benzene rings is 2. The third kappa shape index (κ3) is 4.74. The van der Waals surface area contributed by atoms with Crippen LogP contribution in [0, 0.1) is 0 Å². The van der Waals surface area contributed by atoms with Crippen LogP contribution in [-0.4, -0.2) is 43.2 Å². The van der Waals surface area contributed by atoms with Crippen molar-refractivity contribution in [2.24, 2.45) is 0 Å². The van der Waals surface area contributed by atoms with Crippen LogP contribution in [-0.2, 0) is 4.79 Å². The topological polar surface area (TPSA) is 95.7 Å². The summed E-state index contributed by atoms with van der Waals surface area (Å²) >= 11 is 1.15. The fourth-order valence-electron chi connectivity index (χ4n) is 2.34. The second kappa shape index (κ2) is 9.14. The Kier molecular flexibility index (Phi) is 6.38. The summed E-state index contributed by atoms with van der Waals surface area (Å²) in [6, 6.07) is 12.4. The summed E-state index contributed by atoms with van der Waals surface area (Å²) in [4.78, 5) is 12.3. The van der Waals surface area contributed by atoms with E-state index in [9.17, 15) is 4.79 Å². The lowest BCUT2D eigenvalue weighted by Crippen LogP contribution is -2.14. The zero-order valence-electron chi connectivity index (χ0n) is 15.6. The Morgan fingerprint density at radius 1 is 1.00 bits per heavy atom. The van der Waals surface area contributed by atoms with E-state index in [0.29, 0.717) is 28.3 Å². The lowest BCUT2D eigenvalue weighted by Gasteiger charge is -2.11. The maximum absolute atomic E-state index is 12.3. The second-order valence-electron chi connectivity index (χ2n) is 5.50. The molecule has 0 aliphatic heterocycles. The molecule has 0 atom stereocenters. The van der Waals surface area contributed by atoms with Gasteiger partial charge in [-0.2, -0.15) is 0 Å². The smallest absolute Gasteiger partial charge is 0.277 e. The monoisotopic (exact) mass is 401 g/mol. The first-order valence-electron chi connectivity index (χ1n) is 8.25. The summed E-state index contributed by atoms with van der Waals surface area (Å²) in [6.45, 7) is 0. The molecule has 0 saturated heterocycles. The van der Waals surface area contributed by atoms with Gasteiger partial charge in [-0.3, -0.25) is 4.79 Å². The summed E-state index contributed by atoms with van der Waals surface area (Å²) in [5, 5.41) is 11.1. The summed E-state index contributed by atoms with van der Waals surface area (Å²) in [5.41, 5.74) is 1.29. The van der Waals surface area contributed by atoms with Gasteiger partial charge in [0.1, 0.15) is 17.2 Å². The molecule has 1 amide bonds. The number of aromatic nitrogens is 2. The molecule has 1 heterocycles. The standard InChI is InChI=1S/C19H19N3O5S/c1-24-13-6-4-12(5-7-13)18-21-22-19(27-18)28-11-17(23)20-15-10-14(25-2)8-9-16(15)26-3/h4-10H,11H2,1-3H3,(H,20,23). The van der Waals surface area contributed by atoms with Crippen LogP contribution >= 0.6 is 11.8 Å². The highest BCUT2D eigenvalue weighted by Gasteiger charge is 2.13. The molecule has 0 spiro atoms. The zero-order chi connectivity index (χ0) is 19.9. The van der Waals surface area contributed by atoms with Crippen molar-refractivity contribution >= 4 is 23.4 Å². The number of rotatable bonds is 8. The third-order valence-corrected chi connectivity index (χ3v) is 4.57. The van der Waals surface area contributed by atoms with Crippen molar-refractivity contribution in [3.8, 4) is 28.7 Å². The van der Waals surface area contributed by atoms with Gasteiger partial charge in [-0.25, -0.2) is 0 Å². The number of hydrogen-bond acceptors (Lipinski definition) is 8. The van der Waals surface area contributed by atoms with Gasteiger partial charge in [-0.15, -0.1) is 10.2 Å². The molecule has 0 bridgehead atoms. The largest absolute Gasteiger partial charge is 0.497 e. The third-order valence-electron chi connectivity index (χ3n) is 3.75. The van der Waals surface area contributed by atoms with Crippen LogP contribution in [0.25, 0.3) is 11.5 Å². The molecular weight excluding hydrogens is 382 g/mol. The van der Waals surface area contributed by atoms with E-state index >= 15 is 0 Å². The molecule has 8 nitrogen and oxygen atoms in total. The minimum absolute atomic E-state index is 0.102. The summed E-state index contributed by atoms with van der Waals surface area (Å²) < 4.78 is 21.1. The van der Waals surface area contributed by atoms with Crippen LogP contribution in [0.15, 0.2) is 52.1 Å². The minimum atomic E-state index is -0.235. The summed E-state index contributed by atoms with van der Waals surface area (Å²) in [5.74, 6) is 2.14. The molecule has 28 heavy (non-hydrogen) atoms. The maximum atomic E-state index is 12.3. The maximum Gasteiger partial charge on any atom is 0.277 e. The fourth-order valence-corrected chi connectivity index (χ4v) is 2.91. The lowest BCUT2D eigenvalue weighted by atomic mass is 10.2. The highest BCUT2D eigenvalue weighted by molar-refractivity contribution is 7.99. The van der Waals surface area contributed by atoms with Gasteiger partial charge in [-0.05, 0) is 36.4 Å². The minimum Gasteiger partial charge on any atom is -0.497 e. The number of anilines is 1. The average Bonchev–Trinajstić information content (AvgIpc) is 3.21. The number of carbonyl (C=O) groups excluding carboxylic acids is 1. The molecule has 146 valence electrons. The predicted molar refractivity (Wildman–Crippen MR) is 105 cm³/mol. The van der Waals surface area contributed by atoms with Crippen LogP contribution in [0.4, 0.5) is 5.69 Å². The van der Waals surface area contributed by atoms with Crippen LogP contribution in [0.2, 0.25) is 0 Å². The van der Waals surface area contributed by atoms with Crippen molar-refractivity contribution in [2.45, 2.75) is 5.22 Å². The van der Waals surface area contributed by atoms with Crippen molar-refractivity contribution in [1.82, 2.24) is 10.2 Å². The van der Waals surface area contributed by atoms with E-state index in [1.807, 2.05) is 12.1 Å². The molecule has 3 aromatic rings. The van der Waals surface area contributed by atoms with Gasteiger partial charge in [0.25, 0.3) is 5.22 Å². The van der Waals surface area contributed by atoms with Gasteiger partial charge in [0.15, 0.2) is 0 Å². The summed E-state index contributed by atoms with van der Waals surface area (Å²) in [6.07, 6.45) is 0. The first-order valence-corrected chi connectivity index (χ1v) is 9.24. The van der Waals surface area contributed by atoms with Gasteiger partial charge in [0.2, 0.25) is 11.8 Å². The first-order chi connectivity index (χ1) is 13.6. The molecule has 3 rings (SSSR count). The van der Waals surface area contributed by atoms with Gasteiger partial charge < -0.3 is 23.9 Å². The molecule has 0 radical (unpaired) electrons. The number of ether oxygens (including phenoxy) is 3. The van der Waals surface area contributed by atoms with Crippen molar-refractivity contribution < 1.29 is 23.4 Å². The second-order valence-corrected chi connectivity index (χ2v) is 6.43. The molecule has 0 fully saturated rings. The van der Waals surface area contributed by atoms with E-state index in [4.69, 9.17) is 18.6 Å². The summed E-state index contributed by atoms with van der Waals surface area (Å²) in [7, 11) is 4.69. The van der Waals surface area contributed by atoms with Crippen molar-refractivity contribution in [1.29, 1.82) is 0 Å². The molecule has 1 N–H and O–H groups in total. The Balaban J connectivity index is 1.60. The highest BCUT2D eigenvalue weighted by Crippen LogP contribution is 2.29. The van der Waals surface area contributed by atoms with Gasteiger partial charge >= 0.3 is 0 Å². The molecule has 1 aromatic heterocycles. The first kappa shape index (κ1) is 19.6. The number of nitrogens with zero attached hydrogens (tertiary/aromatic N) is 2. The SMILES string of the molecule is COc1ccc(-c2nnc(SCC(=O)Nc3cc(OC)ccc3OC)o2)cc1. The van der Waals surface area contributed by atoms with Crippen molar-refractivity contribution in [3.05, 3.63) is 42.5 Å². The Hall–Kier alpha value is -3.20. The van der Waals surface area contributed by atoms with Gasteiger partial charge in [-0.1, -0.05) is 11.8 Å². The van der Waals surface area contributed by atoms with E-state index in [2.05, 4.69) is 15.5 Å². The van der Waals surface area contributed by atoms with Crippen molar-refractivity contribution in [3.63, 3.8) is 0 Å². The van der Waals surface area contributed by atoms with Crippen LogP contribution in [0.5, 0.6) is 17.2 Å². The van der Waals surface area contributed by atoms with E-state index in [-0.39, 0.29) is 11.7 Å². The number of nitrogens with one attached hydrogen (secondary N) is 1. The fraction of sp³-hybridized carbons (Fsp3) is 0.211. The lowest BCUT2D eigenvalue weighted by molar-refractivity contribution is -0.113. The van der Waals surface area contributed by atoms with Gasteiger partial charge in [0.05, 0.1) is 32.8 Å². The van der Waals surface area contributed by atoms with Crippen LogP contribution in [0.3, 0.4) is 0 Å². The van der Waals surface area contributed by atoms with Gasteiger partial charge in [0, 0.05) is 11.6 Å². The quantitative estimate of drug-likeness (QED) is 0.573. The number of amides is 1. The van der Waals surface area contributed by atoms with E-state index in [1.165, 1.54) is 7.11 Å². The average molecular weight is 401 g/mol. The molecule has 0 unspecified atom stereocenters. The van der Waals surface area contributed by atoms with E-state index < -0.39 is 0 Å². The zero-order valence-corrected chi connectivity index (χ0v) is 16.4. The molecular formula is C19H19N3O5S. The molecule has 2 aromatic carbocycles. The number of thioether (sulfide) groups is 1. The highest BCUT2D eigenvalue weighted by atomic mass is 32.2. The Morgan fingerprint density at radius 2 is 1.71 bits per heavy atom. The Bertz CT molecular complexity index is 943. The Labute approximate surface area is 166 Å². The Morgan fingerprint density at radius 3 is 2.39 bits per heavy atom. The predicted octanol–water partition coefficient (Wildman–Crippen LogP) is 3.49. The van der Waals surface area contributed by atoms with Crippen LogP contribution < -0.4 is 19.5 Å². The van der Waals surface area contributed by atoms with E-state index in [1.54, 1.807) is 44.6 Å². The molecule has 0 aliphatic carbocycles. The number of carbonyl (C=O) groups is 1. The van der Waals surface area contributed by atoms with Crippen LogP contribution in [0.1, 0.15) is 0 Å². The molecule has 9 heteroatoms. The number of methoxy groups -OCH3 is 3. The normalized spacial score (nSPS) is 10.4. The molecule has 0 aliphatic rings. The van der Waals surface area contributed by atoms with E-state index in [0.717, 1.165) is 23.1 Å². The number of hydrogen-bond donors (Lipinski definition) is 1.